The molecule has 0 atom stereocenters. The van der Waals surface area contributed by atoms with E-state index in [1.54, 1.807) is 0 Å². The molecular formula is C6H4ClN3O2. The fraction of sp³-hybridized carbons (Fsp3) is 0. The minimum absolute atomic E-state index is 0.00386. The van der Waals surface area contributed by atoms with Gasteiger partial charge in [-0.15, -0.1) is 0 Å². The molecule has 0 aromatic carbocycles. The lowest BCUT2D eigenvalue weighted by Gasteiger charge is -1.89. The summed E-state index contributed by atoms with van der Waals surface area (Å²) in [6.45, 7) is 0. The minimum Gasteiger partial charge on any atom is -0.476 e. The number of fused-ring (bicyclic) bond motifs is 1. The van der Waals surface area contributed by atoms with Crippen LogP contribution in [0.5, 0.6) is 0 Å². The Morgan fingerprint density at radius 2 is 2.50 bits per heavy atom. The van der Waals surface area contributed by atoms with Gasteiger partial charge in [0.15, 0.2) is 5.69 Å². The van der Waals surface area contributed by atoms with Crippen molar-refractivity contribution in [2.75, 3.05) is 0 Å². The van der Waals surface area contributed by atoms with E-state index in [-0.39, 0.29) is 10.8 Å². The van der Waals surface area contributed by atoms with Gasteiger partial charge in [-0.3, -0.25) is 4.40 Å². The second-order valence-electron chi connectivity index (χ2n) is 2.21. The second-order valence-corrected chi connectivity index (χ2v) is 2.59. The first-order chi connectivity index (χ1) is 5.70. The molecule has 12 heavy (non-hydrogen) atoms. The molecule has 2 aromatic heterocycles. The standard InChI is InChI=1S/C6H4ClN3O2/c7-4-3(5(11)12)10-2-1-8-6(10)9-4/h1-2H,(H,8,9)(H,11,12). The van der Waals surface area contributed by atoms with Gasteiger partial charge in [-0.05, 0) is 0 Å². The van der Waals surface area contributed by atoms with E-state index in [0.29, 0.717) is 5.78 Å². The predicted octanol–water partition coefficient (Wildman–Crippen LogP) is 1.01. The Labute approximate surface area is 71.6 Å². The maximum absolute atomic E-state index is 10.6. The van der Waals surface area contributed by atoms with Gasteiger partial charge in [0.2, 0.25) is 5.78 Å². The van der Waals surface area contributed by atoms with E-state index < -0.39 is 5.97 Å². The van der Waals surface area contributed by atoms with Gasteiger partial charge in [-0.2, -0.15) is 0 Å². The van der Waals surface area contributed by atoms with E-state index in [4.69, 9.17) is 16.7 Å². The Hall–Kier alpha value is -1.49. The molecule has 0 unspecified atom stereocenters. The Bertz CT molecular complexity index is 445. The number of carbonyl (C=O) groups is 1. The second kappa shape index (κ2) is 2.25. The maximum Gasteiger partial charge on any atom is 0.356 e. The Kier molecular flexibility index (Phi) is 1.34. The molecule has 0 aliphatic rings. The number of hydrogen-bond acceptors (Lipinski definition) is 2. The molecule has 5 nitrogen and oxygen atoms in total. The van der Waals surface area contributed by atoms with Gasteiger partial charge in [-0.1, -0.05) is 11.6 Å². The predicted molar refractivity (Wildman–Crippen MR) is 41.5 cm³/mol. The Balaban J connectivity index is 2.84. The van der Waals surface area contributed by atoms with Crippen LogP contribution < -0.4 is 0 Å². The first-order valence-corrected chi connectivity index (χ1v) is 3.52. The van der Waals surface area contributed by atoms with Crippen molar-refractivity contribution in [3.8, 4) is 0 Å². The third-order valence-corrected chi connectivity index (χ3v) is 1.79. The third-order valence-electron chi connectivity index (χ3n) is 1.51. The molecule has 0 amide bonds. The molecule has 6 heteroatoms. The highest BCUT2D eigenvalue weighted by Crippen LogP contribution is 2.15. The van der Waals surface area contributed by atoms with Crippen molar-refractivity contribution >= 4 is 23.3 Å². The zero-order valence-electron chi connectivity index (χ0n) is 5.78. The molecule has 0 saturated heterocycles. The average molecular weight is 186 g/mol. The Morgan fingerprint density at radius 3 is 3.17 bits per heavy atom. The van der Waals surface area contributed by atoms with Crippen molar-refractivity contribution in [3.63, 3.8) is 0 Å². The smallest absolute Gasteiger partial charge is 0.356 e. The lowest BCUT2D eigenvalue weighted by atomic mass is 10.5. The van der Waals surface area contributed by atoms with Crippen molar-refractivity contribution in [3.05, 3.63) is 23.2 Å². The van der Waals surface area contributed by atoms with Gasteiger partial charge >= 0.3 is 5.97 Å². The molecule has 2 heterocycles. The molecular weight excluding hydrogens is 182 g/mol. The number of rotatable bonds is 1. The molecule has 0 saturated carbocycles. The number of hydrogen-bond donors (Lipinski definition) is 2. The van der Waals surface area contributed by atoms with Crippen molar-refractivity contribution in [2.24, 2.45) is 0 Å². The molecule has 0 radical (unpaired) electrons. The van der Waals surface area contributed by atoms with Gasteiger partial charge in [0.25, 0.3) is 0 Å². The summed E-state index contributed by atoms with van der Waals surface area (Å²) in [4.78, 5) is 17.1. The van der Waals surface area contributed by atoms with Crippen molar-refractivity contribution < 1.29 is 9.90 Å². The Morgan fingerprint density at radius 1 is 1.75 bits per heavy atom. The van der Waals surface area contributed by atoms with Crippen LogP contribution in [0.15, 0.2) is 12.4 Å². The number of imidazole rings is 2. The van der Waals surface area contributed by atoms with E-state index in [2.05, 4.69) is 9.97 Å². The molecule has 0 fully saturated rings. The third kappa shape index (κ3) is 0.799. The van der Waals surface area contributed by atoms with Gasteiger partial charge in [0.1, 0.15) is 5.15 Å². The molecule has 0 aliphatic carbocycles. The number of halogens is 1. The highest BCUT2D eigenvalue weighted by Gasteiger charge is 2.15. The summed E-state index contributed by atoms with van der Waals surface area (Å²) in [5, 5.41) is 8.81. The average Bonchev–Trinajstić information content (AvgIpc) is 2.44. The summed E-state index contributed by atoms with van der Waals surface area (Å²) >= 11 is 5.61. The SMILES string of the molecule is O=C(O)c1c(Cl)[nH]c2nccn12. The zero-order chi connectivity index (χ0) is 8.72. The van der Waals surface area contributed by atoms with Crippen LogP contribution in [0.1, 0.15) is 10.5 Å². The summed E-state index contributed by atoms with van der Waals surface area (Å²) in [6, 6.07) is 0. The summed E-state index contributed by atoms with van der Waals surface area (Å²) in [5.41, 5.74) is 0.00386. The highest BCUT2D eigenvalue weighted by molar-refractivity contribution is 6.32. The molecule has 0 spiro atoms. The first kappa shape index (κ1) is 7.17. The number of nitrogens with zero attached hydrogens (tertiary/aromatic N) is 2. The van der Waals surface area contributed by atoms with Gasteiger partial charge in [-0.25, -0.2) is 9.78 Å². The first-order valence-electron chi connectivity index (χ1n) is 3.14. The lowest BCUT2D eigenvalue weighted by Crippen LogP contribution is -2.00. The molecule has 62 valence electrons. The monoisotopic (exact) mass is 185 g/mol. The van der Waals surface area contributed by atoms with E-state index in [0.717, 1.165) is 0 Å². The quantitative estimate of drug-likeness (QED) is 0.697. The fourth-order valence-corrected chi connectivity index (χ4v) is 1.29. The van der Waals surface area contributed by atoms with E-state index >= 15 is 0 Å². The van der Waals surface area contributed by atoms with Crippen molar-refractivity contribution in [2.45, 2.75) is 0 Å². The number of carboxylic acid groups (broad SMARTS) is 1. The highest BCUT2D eigenvalue weighted by atomic mass is 35.5. The normalized spacial score (nSPS) is 10.8. The van der Waals surface area contributed by atoms with Crippen LogP contribution in [0.25, 0.3) is 5.78 Å². The van der Waals surface area contributed by atoms with Crippen LogP contribution >= 0.6 is 11.6 Å². The molecule has 2 aromatic rings. The van der Waals surface area contributed by atoms with Gasteiger partial charge in [0, 0.05) is 12.4 Å². The van der Waals surface area contributed by atoms with Crippen LogP contribution in [-0.4, -0.2) is 25.4 Å². The molecule has 0 bridgehead atoms. The van der Waals surface area contributed by atoms with Crippen LogP contribution in [0.2, 0.25) is 5.15 Å². The van der Waals surface area contributed by atoms with Crippen LogP contribution in [0, 0.1) is 0 Å². The van der Waals surface area contributed by atoms with Crippen LogP contribution in [0.4, 0.5) is 0 Å². The number of carboxylic acids is 1. The number of nitrogens with one attached hydrogen (secondary N) is 1. The minimum atomic E-state index is -1.08. The van der Waals surface area contributed by atoms with Crippen molar-refractivity contribution in [1.82, 2.24) is 14.4 Å². The zero-order valence-corrected chi connectivity index (χ0v) is 6.54. The van der Waals surface area contributed by atoms with Crippen LogP contribution in [-0.2, 0) is 0 Å². The van der Waals surface area contributed by atoms with Gasteiger partial charge < -0.3 is 10.1 Å². The fourth-order valence-electron chi connectivity index (χ4n) is 1.04. The molecule has 0 aliphatic heterocycles. The van der Waals surface area contributed by atoms with E-state index in [1.807, 2.05) is 0 Å². The number of aromatic carboxylic acids is 1. The lowest BCUT2D eigenvalue weighted by molar-refractivity contribution is 0.0689. The summed E-state index contributed by atoms with van der Waals surface area (Å²) < 4.78 is 1.38. The van der Waals surface area contributed by atoms with Crippen molar-refractivity contribution in [1.29, 1.82) is 0 Å². The number of aromatic nitrogens is 3. The largest absolute Gasteiger partial charge is 0.476 e. The summed E-state index contributed by atoms with van der Waals surface area (Å²) in [5.74, 6) is -0.651. The van der Waals surface area contributed by atoms with E-state index in [1.165, 1.54) is 16.8 Å². The number of H-pyrrole nitrogens is 1. The van der Waals surface area contributed by atoms with Crippen LogP contribution in [0.3, 0.4) is 0 Å². The topological polar surface area (TPSA) is 70.4 Å². The maximum atomic E-state index is 10.6. The molecule has 2 rings (SSSR count). The summed E-state index contributed by atoms with van der Waals surface area (Å²) in [7, 11) is 0. The van der Waals surface area contributed by atoms with E-state index in [9.17, 15) is 4.79 Å². The molecule has 2 N–H and O–H groups in total. The number of aromatic amines is 1. The summed E-state index contributed by atoms with van der Waals surface area (Å²) in [6.07, 6.45) is 3.02. The van der Waals surface area contributed by atoms with Gasteiger partial charge in [0.05, 0.1) is 0 Å².